The van der Waals surface area contributed by atoms with Crippen molar-refractivity contribution in [3.63, 3.8) is 0 Å². The summed E-state index contributed by atoms with van der Waals surface area (Å²) in [5, 5.41) is 3.80. The molecule has 0 saturated heterocycles. The van der Waals surface area contributed by atoms with Crippen LogP contribution >= 0.6 is 11.3 Å². The zero-order chi connectivity index (χ0) is 8.43. The van der Waals surface area contributed by atoms with E-state index in [1.165, 1.54) is 4.88 Å². The van der Waals surface area contributed by atoms with Gasteiger partial charge in [-0.3, -0.25) is 0 Å². The molecule has 0 aromatic carbocycles. The number of aromatic nitrogens is 1. The van der Waals surface area contributed by atoms with Gasteiger partial charge in [-0.05, 0) is 20.9 Å². The molecule has 0 bridgehead atoms. The number of anilines is 1. The van der Waals surface area contributed by atoms with E-state index >= 15 is 0 Å². The summed E-state index contributed by atoms with van der Waals surface area (Å²) in [6.07, 6.45) is 0. The molecule has 0 aliphatic rings. The molecule has 0 aliphatic carbocycles. The van der Waals surface area contributed by atoms with Gasteiger partial charge < -0.3 is 11.1 Å². The number of hydrogen-bond donors (Lipinski definition) is 2. The van der Waals surface area contributed by atoms with Crippen LogP contribution in [0.4, 0.5) is 5.13 Å². The standard InChI is InChI=1S/C7H13N3S/c1-4(9-3)6-5(2)10-7(8)11-6/h4,9H,1-3H3,(H2,8,10). The average molecular weight is 171 g/mol. The van der Waals surface area contributed by atoms with Crippen LogP contribution in [0.1, 0.15) is 23.5 Å². The molecule has 1 aromatic heterocycles. The third-order valence-electron chi connectivity index (χ3n) is 1.68. The van der Waals surface area contributed by atoms with Gasteiger partial charge in [-0.1, -0.05) is 0 Å². The molecular formula is C7H13N3S. The van der Waals surface area contributed by atoms with Crippen molar-refractivity contribution >= 4 is 16.5 Å². The van der Waals surface area contributed by atoms with Gasteiger partial charge in [-0.25, -0.2) is 4.98 Å². The van der Waals surface area contributed by atoms with Gasteiger partial charge in [0.2, 0.25) is 0 Å². The molecule has 1 rings (SSSR count). The van der Waals surface area contributed by atoms with E-state index in [9.17, 15) is 0 Å². The molecule has 3 nitrogen and oxygen atoms in total. The number of nitrogens with two attached hydrogens (primary N) is 1. The van der Waals surface area contributed by atoms with Crippen LogP contribution in [0, 0.1) is 6.92 Å². The Labute approximate surface area is 70.6 Å². The van der Waals surface area contributed by atoms with Crippen molar-refractivity contribution in [1.29, 1.82) is 0 Å². The Kier molecular flexibility index (Phi) is 2.46. The van der Waals surface area contributed by atoms with Crippen LogP contribution in [0.15, 0.2) is 0 Å². The Morgan fingerprint density at radius 2 is 2.27 bits per heavy atom. The predicted octanol–water partition coefficient (Wildman–Crippen LogP) is 1.31. The van der Waals surface area contributed by atoms with Crippen molar-refractivity contribution in [2.75, 3.05) is 12.8 Å². The van der Waals surface area contributed by atoms with E-state index in [0.717, 1.165) is 5.69 Å². The van der Waals surface area contributed by atoms with Crippen LogP contribution in [0.5, 0.6) is 0 Å². The number of rotatable bonds is 2. The second-order valence-electron chi connectivity index (χ2n) is 2.51. The first-order chi connectivity index (χ1) is 5.15. The maximum absolute atomic E-state index is 5.55. The van der Waals surface area contributed by atoms with Crippen molar-refractivity contribution in [3.8, 4) is 0 Å². The van der Waals surface area contributed by atoms with Crippen molar-refractivity contribution in [3.05, 3.63) is 10.6 Å². The van der Waals surface area contributed by atoms with Gasteiger partial charge in [0, 0.05) is 10.9 Å². The Balaban J connectivity index is 2.93. The molecule has 0 amide bonds. The molecule has 0 radical (unpaired) electrons. The van der Waals surface area contributed by atoms with Crippen LogP contribution < -0.4 is 11.1 Å². The number of aryl methyl sites for hydroxylation is 1. The highest BCUT2D eigenvalue weighted by Gasteiger charge is 2.10. The van der Waals surface area contributed by atoms with E-state index in [1.54, 1.807) is 11.3 Å². The van der Waals surface area contributed by atoms with Crippen molar-refractivity contribution in [2.24, 2.45) is 0 Å². The molecule has 1 aromatic rings. The van der Waals surface area contributed by atoms with Gasteiger partial charge in [-0.2, -0.15) is 0 Å². The van der Waals surface area contributed by atoms with Crippen LogP contribution in [-0.2, 0) is 0 Å². The number of nitrogens with zero attached hydrogens (tertiary/aromatic N) is 1. The SMILES string of the molecule is CNC(C)c1sc(N)nc1C. The molecular weight excluding hydrogens is 158 g/mol. The fourth-order valence-electron chi connectivity index (χ4n) is 0.963. The summed E-state index contributed by atoms with van der Waals surface area (Å²) in [6, 6.07) is 0.352. The van der Waals surface area contributed by atoms with Crippen molar-refractivity contribution < 1.29 is 0 Å². The Morgan fingerprint density at radius 1 is 1.64 bits per heavy atom. The highest BCUT2D eigenvalue weighted by Crippen LogP contribution is 2.25. The van der Waals surface area contributed by atoms with Gasteiger partial charge in [-0.15, -0.1) is 11.3 Å². The topological polar surface area (TPSA) is 50.9 Å². The quantitative estimate of drug-likeness (QED) is 0.705. The highest BCUT2D eigenvalue weighted by atomic mass is 32.1. The zero-order valence-electron chi connectivity index (χ0n) is 7.01. The Hall–Kier alpha value is -0.610. The van der Waals surface area contributed by atoms with Crippen LogP contribution in [-0.4, -0.2) is 12.0 Å². The first kappa shape index (κ1) is 8.49. The molecule has 62 valence electrons. The fourth-order valence-corrected chi connectivity index (χ4v) is 1.86. The number of hydrogen-bond acceptors (Lipinski definition) is 4. The Morgan fingerprint density at radius 3 is 2.64 bits per heavy atom. The van der Waals surface area contributed by atoms with Crippen molar-refractivity contribution in [2.45, 2.75) is 19.9 Å². The molecule has 1 atom stereocenters. The average Bonchev–Trinajstić information content (AvgIpc) is 2.28. The highest BCUT2D eigenvalue weighted by molar-refractivity contribution is 7.15. The monoisotopic (exact) mass is 171 g/mol. The summed E-state index contributed by atoms with van der Waals surface area (Å²) in [4.78, 5) is 5.36. The summed E-state index contributed by atoms with van der Waals surface area (Å²) < 4.78 is 0. The van der Waals surface area contributed by atoms with Gasteiger partial charge >= 0.3 is 0 Å². The normalized spacial score (nSPS) is 13.4. The van der Waals surface area contributed by atoms with E-state index in [1.807, 2.05) is 14.0 Å². The molecule has 1 unspecified atom stereocenters. The summed E-state index contributed by atoms with van der Waals surface area (Å²) in [5.74, 6) is 0. The van der Waals surface area contributed by atoms with Gasteiger partial charge in [0.15, 0.2) is 5.13 Å². The molecule has 1 heterocycles. The van der Waals surface area contributed by atoms with Crippen LogP contribution in [0.25, 0.3) is 0 Å². The molecule has 3 N–H and O–H groups in total. The number of nitrogen functional groups attached to an aromatic ring is 1. The smallest absolute Gasteiger partial charge is 0.180 e. The Bertz CT molecular complexity index is 244. The van der Waals surface area contributed by atoms with Crippen LogP contribution in [0.3, 0.4) is 0 Å². The minimum absolute atomic E-state index is 0.352. The molecule has 4 heteroatoms. The number of nitrogens with one attached hydrogen (secondary N) is 1. The molecule has 0 spiro atoms. The second kappa shape index (κ2) is 3.19. The van der Waals surface area contributed by atoms with E-state index in [-0.39, 0.29) is 0 Å². The molecule has 0 aliphatic heterocycles. The maximum atomic E-state index is 5.55. The van der Waals surface area contributed by atoms with Gasteiger partial charge in [0.05, 0.1) is 5.69 Å². The van der Waals surface area contributed by atoms with E-state index in [4.69, 9.17) is 5.73 Å². The third-order valence-corrected chi connectivity index (χ3v) is 2.84. The third kappa shape index (κ3) is 1.70. The lowest BCUT2D eigenvalue weighted by molar-refractivity contribution is 0.658. The van der Waals surface area contributed by atoms with Crippen molar-refractivity contribution in [1.82, 2.24) is 10.3 Å². The minimum atomic E-state index is 0.352. The van der Waals surface area contributed by atoms with Crippen LogP contribution in [0.2, 0.25) is 0 Å². The fraction of sp³-hybridized carbons (Fsp3) is 0.571. The minimum Gasteiger partial charge on any atom is -0.375 e. The van der Waals surface area contributed by atoms with E-state index in [0.29, 0.717) is 11.2 Å². The van der Waals surface area contributed by atoms with Gasteiger partial charge in [0.25, 0.3) is 0 Å². The lowest BCUT2D eigenvalue weighted by Gasteiger charge is -2.06. The maximum Gasteiger partial charge on any atom is 0.180 e. The molecule has 0 saturated carbocycles. The number of thiazole rings is 1. The summed E-state index contributed by atoms with van der Waals surface area (Å²) in [7, 11) is 1.93. The lowest BCUT2D eigenvalue weighted by atomic mass is 10.2. The largest absolute Gasteiger partial charge is 0.375 e. The second-order valence-corrected chi connectivity index (χ2v) is 3.57. The first-order valence-corrected chi connectivity index (χ1v) is 4.37. The van der Waals surface area contributed by atoms with Gasteiger partial charge in [0.1, 0.15) is 0 Å². The zero-order valence-corrected chi connectivity index (χ0v) is 7.83. The predicted molar refractivity (Wildman–Crippen MR) is 48.7 cm³/mol. The van der Waals surface area contributed by atoms with E-state index < -0.39 is 0 Å². The summed E-state index contributed by atoms with van der Waals surface area (Å²) >= 11 is 1.55. The molecule has 11 heavy (non-hydrogen) atoms. The van der Waals surface area contributed by atoms with E-state index in [2.05, 4.69) is 17.2 Å². The first-order valence-electron chi connectivity index (χ1n) is 3.55. The lowest BCUT2D eigenvalue weighted by Crippen LogP contribution is -2.11. The summed E-state index contributed by atoms with van der Waals surface area (Å²) in [6.45, 7) is 4.08. The summed E-state index contributed by atoms with van der Waals surface area (Å²) in [5.41, 5.74) is 6.59. The molecule has 0 fully saturated rings.